The van der Waals surface area contributed by atoms with E-state index in [1.54, 1.807) is 0 Å². The van der Waals surface area contributed by atoms with Gasteiger partial charge in [-0.2, -0.15) is 4.98 Å². The minimum absolute atomic E-state index is 0.0684. The SMILES string of the molecule is COC(=O)[C@@H]1C[C@@H](NC(=O)OCC2c3ccccc3-c3ccccc32)CN1c1nc(N2CCN(c3ccc(Cl)cc3)CC2)nc2c1[S+]([O-])CC2. The van der Waals surface area contributed by atoms with Crippen molar-refractivity contribution in [3.05, 3.63) is 94.6 Å². The highest BCUT2D eigenvalue weighted by Crippen LogP contribution is 2.44. The number of benzene rings is 3. The van der Waals surface area contributed by atoms with E-state index in [4.69, 9.17) is 31.0 Å². The van der Waals surface area contributed by atoms with Crippen LogP contribution in [0.1, 0.15) is 29.2 Å². The molecule has 50 heavy (non-hydrogen) atoms. The van der Waals surface area contributed by atoms with Crippen molar-refractivity contribution >= 4 is 52.3 Å². The summed E-state index contributed by atoms with van der Waals surface area (Å²) >= 11 is 4.78. The summed E-state index contributed by atoms with van der Waals surface area (Å²) in [5, 5.41) is 3.69. The van der Waals surface area contributed by atoms with E-state index in [-0.39, 0.29) is 25.5 Å². The normalized spacial score (nSPS) is 21.1. The van der Waals surface area contributed by atoms with Crippen LogP contribution < -0.4 is 20.0 Å². The van der Waals surface area contributed by atoms with Crippen LogP contribution in [0.25, 0.3) is 11.1 Å². The summed E-state index contributed by atoms with van der Waals surface area (Å²) < 4.78 is 24.3. The number of nitrogens with zero attached hydrogens (tertiary/aromatic N) is 5. The molecule has 3 aromatic carbocycles. The minimum Gasteiger partial charge on any atom is -0.611 e. The summed E-state index contributed by atoms with van der Waals surface area (Å²) in [5.74, 6) is 0.943. The van der Waals surface area contributed by atoms with E-state index in [9.17, 15) is 14.1 Å². The molecule has 2 fully saturated rings. The van der Waals surface area contributed by atoms with E-state index in [1.165, 1.54) is 7.11 Å². The van der Waals surface area contributed by atoms with E-state index in [0.29, 0.717) is 46.9 Å². The number of hydrogen-bond acceptors (Lipinski definition) is 10. The molecule has 11 nitrogen and oxygen atoms in total. The number of alkyl carbamates (subject to hydrolysis) is 1. The number of rotatable bonds is 7. The lowest BCUT2D eigenvalue weighted by Gasteiger charge is -2.36. The average Bonchev–Trinajstić information content (AvgIpc) is 3.84. The number of anilines is 3. The largest absolute Gasteiger partial charge is 0.611 e. The molecule has 4 aromatic rings. The number of halogens is 1. The fourth-order valence-electron chi connectivity index (χ4n) is 7.66. The van der Waals surface area contributed by atoms with Gasteiger partial charge in [0.1, 0.15) is 24.1 Å². The van der Waals surface area contributed by atoms with Crippen molar-refractivity contribution in [2.75, 3.05) is 66.9 Å². The Bertz CT molecular complexity index is 1880. The lowest BCUT2D eigenvalue weighted by molar-refractivity contribution is -0.142. The van der Waals surface area contributed by atoms with Gasteiger partial charge in [0.2, 0.25) is 10.8 Å². The predicted molar refractivity (Wildman–Crippen MR) is 193 cm³/mol. The minimum atomic E-state index is -1.31. The van der Waals surface area contributed by atoms with Crippen LogP contribution in [0.2, 0.25) is 5.02 Å². The van der Waals surface area contributed by atoms with Crippen molar-refractivity contribution in [3.63, 3.8) is 0 Å². The Hall–Kier alpha value is -4.52. The van der Waals surface area contributed by atoms with Crippen LogP contribution in [0, 0.1) is 0 Å². The standard InChI is InChI=1S/C37H37ClN6O5S/c1-48-35(45)32-20-24(39-37(46)49-22-30-28-8-4-2-6-26(28)27-7-3-5-9-29(27)30)21-44(32)34-33-31(14-19-50(33)47)40-36(41-34)43-17-15-42(16-18-43)25-12-10-23(38)11-13-25/h2-13,24,30,32H,14-22H2,1H3,(H,39,46)/t24-,32+,50?/m1/s1. The highest BCUT2D eigenvalue weighted by atomic mass is 35.5. The molecule has 0 radical (unpaired) electrons. The molecule has 4 heterocycles. The Morgan fingerprint density at radius 2 is 1.60 bits per heavy atom. The molecule has 0 spiro atoms. The number of esters is 1. The maximum absolute atomic E-state index is 13.3. The van der Waals surface area contributed by atoms with E-state index in [0.717, 1.165) is 46.7 Å². The van der Waals surface area contributed by atoms with E-state index in [2.05, 4.69) is 39.4 Å². The molecular formula is C37H37ClN6O5S. The summed E-state index contributed by atoms with van der Waals surface area (Å²) in [6.07, 6.45) is 0.295. The zero-order valence-electron chi connectivity index (χ0n) is 27.6. The van der Waals surface area contributed by atoms with Gasteiger partial charge in [0.15, 0.2) is 5.82 Å². The Balaban J connectivity index is 0.989. The van der Waals surface area contributed by atoms with Crippen LogP contribution in [0.3, 0.4) is 0 Å². The third-order valence-electron chi connectivity index (χ3n) is 10.1. The van der Waals surface area contributed by atoms with E-state index >= 15 is 0 Å². The van der Waals surface area contributed by atoms with Crippen LogP contribution in [-0.4, -0.2) is 90.9 Å². The molecule has 8 rings (SSSR count). The molecule has 1 amide bonds. The fraction of sp³-hybridized carbons (Fsp3) is 0.351. The van der Waals surface area contributed by atoms with Gasteiger partial charge in [-0.1, -0.05) is 60.1 Å². The number of amides is 1. The van der Waals surface area contributed by atoms with Crippen molar-refractivity contribution in [2.24, 2.45) is 0 Å². The fourth-order valence-corrected chi connectivity index (χ4v) is 9.14. The van der Waals surface area contributed by atoms with Crippen molar-refractivity contribution < 1.29 is 23.6 Å². The number of piperazine rings is 1. The lowest BCUT2D eigenvalue weighted by Crippen LogP contribution is -2.47. The number of methoxy groups -OCH3 is 1. The third-order valence-corrected chi connectivity index (χ3v) is 11.8. The summed E-state index contributed by atoms with van der Waals surface area (Å²) in [5.41, 5.74) is 6.41. The van der Waals surface area contributed by atoms with Crippen molar-refractivity contribution in [2.45, 2.75) is 35.7 Å². The molecule has 1 aromatic heterocycles. The second-order valence-electron chi connectivity index (χ2n) is 13.0. The number of aryl methyl sites for hydroxylation is 1. The average molecular weight is 713 g/mol. The van der Waals surface area contributed by atoms with Gasteiger partial charge in [0, 0.05) is 62.2 Å². The first kappa shape index (κ1) is 32.7. The van der Waals surface area contributed by atoms with Crippen molar-refractivity contribution in [3.8, 4) is 11.1 Å². The summed E-state index contributed by atoms with van der Waals surface area (Å²) in [7, 11) is 1.35. The first-order valence-electron chi connectivity index (χ1n) is 16.9. The highest BCUT2D eigenvalue weighted by molar-refractivity contribution is 7.91. The second kappa shape index (κ2) is 13.7. The Morgan fingerprint density at radius 1 is 0.940 bits per heavy atom. The number of carbonyl (C=O) groups is 2. The van der Waals surface area contributed by atoms with Gasteiger partial charge in [0.05, 0.1) is 13.2 Å². The number of aromatic nitrogens is 2. The number of ether oxygens (including phenoxy) is 2. The highest BCUT2D eigenvalue weighted by Gasteiger charge is 2.44. The van der Waals surface area contributed by atoms with Crippen LogP contribution in [0.5, 0.6) is 0 Å². The molecule has 3 atom stereocenters. The first-order chi connectivity index (χ1) is 24.4. The van der Waals surface area contributed by atoms with Gasteiger partial charge in [0.25, 0.3) is 0 Å². The van der Waals surface area contributed by atoms with E-state index < -0.39 is 35.3 Å². The van der Waals surface area contributed by atoms with Gasteiger partial charge in [-0.25, -0.2) is 14.6 Å². The molecule has 258 valence electrons. The Kier molecular flexibility index (Phi) is 8.92. The monoisotopic (exact) mass is 712 g/mol. The van der Waals surface area contributed by atoms with Gasteiger partial charge in [-0.15, -0.1) is 0 Å². The summed E-state index contributed by atoms with van der Waals surface area (Å²) in [6.45, 7) is 3.37. The molecule has 0 saturated carbocycles. The smallest absolute Gasteiger partial charge is 0.407 e. The lowest BCUT2D eigenvalue weighted by atomic mass is 9.98. The predicted octanol–water partition coefficient (Wildman–Crippen LogP) is 4.78. The van der Waals surface area contributed by atoms with Gasteiger partial charge in [-0.05, 0) is 57.7 Å². The van der Waals surface area contributed by atoms with Gasteiger partial charge >= 0.3 is 12.1 Å². The molecule has 2 saturated heterocycles. The molecule has 0 bridgehead atoms. The molecular weight excluding hydrogens is 676 g/mol. The summed E-state index contributed by atoms with van der Waals surface area (Å²) in [4.78, 5) is 43.1. The zero-order valence-corrected chi connectivity index (χ0v) is 29.2. The Morgan fingerprint density at radius 3 is 2.28 bits per heavy atom. The molecule has 1 aliphatic carbocycles. The van der Waals surface area contributed by atoms with Crippen molar-refractivity contribution in [1.82, 2.24) is 15.3 Å². The van der Waals surface area contributed by atoms with Crippen molar-refractivity contribution in [1.29, 1.82) is 0 Å². The number of carbonyl (C=O) groups excluding carboxylic acids is 2. The van der Waals surface area contributed by atoms with Crippen LogP contribution in [0.4, 0.5) is 22.2 Å². The summed E-state index contributed by atoms with van der Waals surface area (Å²) in [6, 6.07) is 23.0. The molecule has 3 aliphatic heterocycles. The molecule has 13 heteroatoms. The zero-order chi connectivity index (χ0) is 34.4. The third kappa shape index (κ3) is 6.09. The maximum Gasteiger partial charge on any atom is 0.407 e. The van der Waals surface area contributed by atoms with Gasteiger partial charge in [-0.3, -0.25) is 0 Å². The quantitative estimate of drug-likeness (QED) is 0.212. The molecule has 4 aliphatic rings. The second-order valence-corrected chi connectivity index (χ2v) is 14.9. The van der Waals surface area contributed by atoms with E-state index in [1.807, 2.05) is 53.4 Å². The first-order valence-corrected chi connectivity index (χ1v) is 18.6. The molecule has 1 N–H and O–H groups in total. The number of nitrogens with one attached hydrogen (secondary N) is 1. The maximum atomic E-state index is 13.3. The topological polar surface area (TPSA) is 123 Å². The van der Waals surface area contributed by atoms with Crippen LogP contribution in [0.15, 0.2) is 77.7 Å². The number of hydrogen-bond donors (Lipinski definition) is 1. The van der Waals surface area contributed by atoms with Crippen LogP contribution in [-0.2, 0) is 31.9 Å². The van der Waals surface area contributed by atoms with Crippen LogP contribution >= 0.6 is 11.6 Å². The molecule has 1 unspecified atom stereocenters. The number of fused-ring (bicyclic) bond motifs is 4. The Labute approximate surface area is 298 Å². The van der Waals surface area contributed by atoms with Gasteiger partial charge < -0.3 is 34.0 Å².